The Morgan fingerprint density at radius 1 is 0.534 bits per heavy atom. The molecule has 3 nitrogen and oxygen atoms in total. The monoisotopic (exact) mass is 761 g/mol. The van der Waals surface area contributed by atoms with E-state index >= 15 is 17.6 Å². The fraction of sp³-hybridized carbons (Fsp3) is 0.120. The normalized spacial score (nSPS) is 14.8. The number of aryl methyl sites for hydroxylation is 2. The number of halogens is 4. The number of hydrogen-bond donors (Lipinski definition) is 0. The lowest BCUT2D eigenvalue weighted by Gasteiger charge is -2.33. The van der Waals surface area contributed by atoms with Crippen molar-refractivity contribution in [3.63, 3.8) is 0 Å². The molecule has 1 aliphatic heterocycles. The highest BCUT2D eigenvalue weighted by atomic mass is 19.3. The Bertz CT molecular complexity index is 2970. The predicted molar refractivity (Wildman–Crippen MR) is 223 cm³/mol. The lowest BCUT2D eigenvalue weighted by Crippen LogP contribution is -2.61. The number of alkyl halides is 4. The molecule has 2 aliphatic rings. The Morgan fingerprint density at radius 3 is 1.50 bits per heavy atom. The van der Waals surface area contributed by atoms with Crippen LogP contribution in [0.25, 0.3) is 49.7 Å². The highest BCUT2D eigenvalue weighted by Gasteiger charge is 2.60. The molecule has 2 heterocycles. The number of nitriles is 2. The maximum atomic E-state index is 16.7. The lowest BCUT2D eigenvalue weighted by molar-refractivity contribution is -0.0922. The van der Waals surface area contributed by atoms with Crippen molar-refractivity contribution in [3.8, 4) is 40.1 Å². The number of aromatic nitrogens is 1. The Labute approximate surface area is 333 Å². The van der Waals surface area contributed by atoms with E-state index in [2.05, 4.69) is 6.07 Å². The van der Waals surface area contributed by atoms with Crippen LogP contribution in [-0.2, 0) is 18.3 Å². The zero-order chi connectivity index (χ0) is 40.1. The van der Waals surface area contributed by atoms with Gasteiger partial charge in [0.15, 0.2) is 0 Å². The van der Waals surface area contributed by atoms with Crippen LogP contribution in [0.4, 0.5) is 17.6 Å². The van der Waals surface area contributed by atoms with Gasteiger partial charge >= 0.3 is 0 Å². The van der Waals surface area contributed by atoms with Gasteiger partial charge in [-0.2, -0.15) is 10.5 Å². The van der Waals surface area contributed by atoms with Crippen molar-refractivity contribution in [2.75, 3.05) is 0 Å². The molecule has 10 rings (SSSR count). The molecule has 0 radical (unpaired) electrons. The number of benzene rings is 7. The van der Waals surface area contributed by atoms with E-state index < -0.39 is 41.7 Å². The molecule has 0 unspecified atom stereocenters. The van der Waals surface area contributed by atoms with Gasteiger partial charge in [0.05, 0.1) is 34.3 Å². The van der Waals surface area contributed by atoms with Gasteiger partial charge in [0.2, 0.25) is 6.71 Å². The van der Waals surface area contributed by atoms with E-state index in [9.17, 15) is 10.5 Å². The topological polar surface area (TPSA) is 52.5 Å². The van der Waals surface area contributed by atoms with Gasteiger partial charge in [0, 0.05) is 21.9 Å². The summed E-state index contributed by atoms with van der Waals surface area (Å²) in [6.45, 7) is 2.79. The average Bonchev–Trinajstić information content (AvgIpc) is 3.65. The molecule has 0 amide bonds. The number of nitrogens with zero attached hydrogens (tertiary/aromatic N) is 3. The fourth-order valence-electron chi connectivity index (χ4n) is 9.83. The van der Waals surface area contributed by atoms with Crippen LogP contribution in [0.15, 0.2) is 133 Å². The SMILES string of the molecule is Cc1cccc2c1B(c1c(C#N)c(-n3c4ccc(-c5ccccc5)cc4c4cc(-c5ccccc5)ccc43)c(C#N)c3c1C(F)(F)CC3(F)F)c1c(C)cccc1C2. The molecule has 278 valence electrons. The second kappa shape index (κ2) is 12.8. The van der Waals surface area contributed by atoms with Crippen LogP contribution in [-0.4, -0.2) is 11.3 Å². The van der Waals surface area contributed by atoms with Gasteiger partial charge < -0.3 is 4.57 Å². The summed E-state index contributed by atoms with van der Waals surface area (Å²) in [5, 5.41) is 23.9. The summed E-state index contributed by atoms with van der Waals surface area (Å²) in [5.41, 5.74) is 6.54. The summed E-state index contributed by atoms with van der Waals surface area (Å²) >= 11 is 0. The molecule has 1 aliphatic carbocycles. The molecule has 0 fully saturated rings. The van der Waals surface area contributed by atoms with Gasteiger partial charge in [0.1, 0.15) is 12.1 Å². The van der Waals surface area contributed by atoms with E-state index in [0.717, 1.165) is 55.3 Å². The summed E-state index contributed by atoms with van der Waals surface area (Å²) in [5.74, 6) is -8.11. The quantitative estimate of drug-likeness (QED) is 0.132. The summed E-state index contributed by atoms with van der Waals surface area (Å²) in [4.78, 5) is 0. The Hall–Kier alpha value is -6.90. The zero-order valence-corrected chi connectivity index (χ0v) is 31.5. The van der Waals surface area contributed by atoms with Crippen molar-refractivity contribution in [2.45, 2.75) is 38.5 Å². The minimum Gasteiger partial charge on any atom is -0.307 e. The van der Waals surface area contributed by atoms with E-state index in [4.69, 9.17) is 0 Å². The smallest absolute Gasteiger partial charge is 0.281 e. The van der Waals surface area contributed by atoms with Gasteiger partial charge in [-0.05, 0) is 83.4 Å². The van der Waals surface area contributed by atoms with Gasteiger partial charge in [-0.25, -0.2) is 17.6 Å². The van der Waals surface area contributed by atoms with E-state index in [1.165, 1.54) is 0 Å². The van der Waals surface area contributed by atoms with Crippen molar-refractivity contribution in [3.05, 3.63) is 178 Å². The molecule has 1 aromatic heterocycles. The number of hydrogen-bond acceptors (Lipinski definition) is 2. The van der Waals surface area contributed by atoms with E-state index in [1.54, 1.807) is 4.57 Å². The van der Waals surface area contributed by atoms with Crippen LogP contribution in [0.2, 0.25) is 0 Å². The third-order valence-corrected chi connectivity index (χ3v) is 12.2. The average molecular weight is 762 g/mol. The molecule has 7 aromatic carbocycles. The maximum absolute atomic E-state index is 16.7. The summed E-state index contributed by atoms with van der Waals surface area (Å²) in [7, 11) is 0. The van der Waals surface area contributed by atoms with Crippen molar-refractivity contribution in [1.29, 1.82) is 10.5 Å². The minimum atomic E-state index is -4.07. The summed E-state index contributed by atoms with van der Waals surface area (Å²) < 4.78 is 68.4. The van der Waals surface area contributed by atoms with E-state index in [1.807, 2.05) is 153 Å². The number of rotatable bonds is 4. The third-order valence-electron chi connectivity index (χ3n) is 12.2. The lowest BCUT2D eigenvalue weighted by atomic mass is 9.31. The van der Waals surface area contributed by atoms with E-state index in [-0.39, 0.29) is 16.7 Å². The minimum absolute atomic E-state index is 0.119. The second-order valence-electron chi connectivity index (χ2n) is 15.5. The molecule has 0 N–H and O–H groups in total. The first kappa shape index (κ1) is 35.5. The van der Waals surface area contributed by atoms with Crippen LogP contribution < -0.4 is 16.4 Å². The van der Waals surface area contributed by atoms with Crippen LogP contribution in [0.5, 0.6) is 0 Å². The standard InChI is InChI=1S/C50H32BF4N3/c1-29-11-9-17-35-23-36-18-10-12-30(2)46(36)51(45(29)35)47-40(27-57)48(39(26-56)43-44(47)50(54,55)28-49(43,52)53)58-41-21-19-33(31-13-5-3-6-14-31)24-37(41)38-25-34(20-22-42(38)58)32-15-7-4-8-16-32/h3-22,24-25H,23,28H2,1-2H3. The fourth-order valence-corrected chi connectivity index (χ4v) is 9.83. The Morgan fingerprint density at radius 2 is 1.02 bits per heavy atom. The van der Waals surface area contributed by atoms with Gasteiger partial charge in [-0.15, -0.1) is 0 Å². The molecular weight excluding hydrogens is 729 g/mol. The van der Waals surface area contributed by atoms with Crippen molar-refractivity contribution < 1.29 is 17.6 Å². The largest absolute Gasteiger partial charge is 0.307 e. The zero-order valence-electron chi connectivity index (χ0n) is 31.5. The Balaban J connectivity index is 1.40. The molecule has 0 spiro atoms. The third kappa shape index (κ3) is 5.11. The molecule has 0 atom stereocenters. The molecule has 0 saturated heterocycles. The first-order valence-corrected chi connectivity index (χ1v) is 19.2. The molecule has 8 aromatic rings. The number of fused-ring (bicyclic) bond motifs is 6. The maximum Gasteiger partial charge on any atom is 0.281 e. The van der Waals surface area contributed by atoms with Crippen LogP contribution in [0, 0.1) is 36.5 Å². The molecule has 8 heteroatoms. The molecule has 0 saturated carbocycles. The highest BCUT2D eigenvalue weighted by molar-refractivity contribution is 6.97. The molecule has 58 heavy (non-hydrogen) atoms. The highest BCUT2D eigenvalue weighted by Crippen LogP contribution is 2.56. The first-order chi connectivity index (χ1) is 28.0. The Kier molecular flexibility index (Phi) is 7.85. The van der Waals surface area contributed by atoms with Crippen LogP contribution in [0.3, 0.4) is 0 Å². The van der Waals surface area contributed by atoms with Crippen LogP contribution in [0.1, 0.15) is 50.9 Å². The second-order valence-corrected chi connectivity index (χ2v) is 15.5. The van der Waals surface area contributed by atoms with Gasteiger partial charge in [0.25, 0.3) is 11.8 Å². The van der Waals surface area contributed by atoms with Gasteiger partial charge in [-0.3, -0.25) is 0 Å². The summed E-state index contributed by atoms with van der Waals surface area (Å²) in [6, 6.07) is 46.9. The van der Waals surface area contributed by atoms with Gasteiger partial charge in [-0.1, -0.05) is 131 Å². The van der Waals surface area contributed by atoms with E-state index in [0.29, 0.717) is 28.4 Å². The first-order valence-electron chi connectivity index (χ1n) is 19.2. The van der Waals surface area contributed by atoms with Crippen molar-refractivity contribution in [1.82, 2.24) is 4.57 Å². The molecule has 0 bridgehead atoms. The molecular formula is C50H32BF4N3. The predicted octanol–water partition coefficient (Wildman–Crippen LogP) is 10.5. The van der Waals surface area contributed by atoms with Crippen molar-refractivity contribution in [2.24, 2.45) is 0 Å². The van der Waals surface area contributed by atoms with Crippen molar-refractivity contribution >= 4 is 44.9 Å². The van der Waals surface area contributed by atoms with Crippen LogP contribution >= 0.6 is 0 Å². The summed E-state index contributed by atoms with van der Waals surface area (Å²) in [6.07, 6.45) is -1.28.